The summed E-state index contributed by atoms with van der Waals surface area (Å²) in [6.07, 6.45) is 10.8. The number of ether oxygens (including phenoxy) is 2. The van der Waals surface area contributed by atoms with Gasteiger partial charge in [-0.3, -0.25) is 0 Å². The molecule has 2 heterocycles. The molecule has 2 saturated heterocycles. The van der Waals surface area contributed by atoms with Gasteiger partial charge in [-0.1, -0.05) is 23.8 Å². The van der Waals surface area contributed by atoms with Gasteiger partial charge in [-0.2, -0.15) is 0 Å². The Morgan fingerprint density at radius 3 is 2.78 bits per heavy atom. The molecule has 0 aromatic carbocycles. The molecule has 2 aliphatic heterocycles. The summed E-state index contributed by atoms with van der Waals surface area (Å²) < 4.78 is 11.5. The third-order valence-electron chi connectivity index (χ3n) is 5.62. The number of carbonyl (C=O) groups excluding carboxylic acids is 1. The predicted octanol–water partition coefficient (Wildman–Crippen LogP) is 4.49. The van der Waals surface area contributed by atoms with Crippen molar-refractivity contribution in [1.29, 1.82) is 0 Å². The maximum Gasteiger partial charge on any atom is 0.334 e. The number of rotatable bonds is 0. The SMILES string of the molecule is C=C1C(=O)O[C@H]2/C=C(\C)CC/C=C(\C)CC[C@@H]3O[C@]3(C)CC[C@@H]12. The zero-order chi connectivity index (χ0) is 16.6. The Morgan fingerprint density at radius 1 is 1.22 bits per heavy atom. The predicted molar refractivity (Wildman–Crippen MR) is 91.0 cm³/mol. The summed E-state index contributed by atoms with van der Waals surface area (Å²) in [5.41, 5.74) is 3.34. The van der Waals surface area contributed by atoms with Crippen LogP contribution in [0.1, 0.15) is 59.3 Å². The molecule has 2 fully saturated rings. The van der Waals surface area contributed by atoms with Gasteiger partial charge in [0.05, 0.1) is 11.7 Å². The van der Waals surface area contributed by atoms with Crippen LogP contribution >= 0.6 is 0 Å². The topological polar surface area (TPSA) is 38.8 Å². The number of hydrogen-bond donors (Lipinski definition) is 0. The second kappa shape index (κ2) is 6.27. The highest BCUT2D eigenvalue weighted by Gasteiger charge is 2.52. The Bertz CT molecular complexity index is 571. The van der Waals surface area contributed by atoms with Gasteiger partial charge in [-0.15, -0.1) is 0 Å². The van der Waals surface area contributed by atoms with Crippen LogP contribution in [0, 0.1) is 5.92 Å². The van der Waals surface area contributed by atoms with E-state index < -0.39 is 0 Å². The molecule has 0 unspecified atom stereocenters. The quantitative estimate of drug-likeness (QED) is 0.286. The third-order valence-corrected chi connectivity index (χ3v) is 5.62. The lowest BCUT2D eigenvalue weighted by Crippen LogP contribution is -2.19. The van der Waals surface area contributed by atoms with Crippen LogP contribution in [-0.4, -0.2) is 23.8 Å². The summed E-state index contributed by atoms with van der Waals surface area (Å²) in [5.74, 6) is -0.137. The van der Waals surface area contributed by atoms with Crippen LogP contribution in [0.15, 0.2) is 35.5 Å². The molecule has 0 bridgehead atoms. The minimum atomic E-state index is -0.234. The molecule has 4 atom stereocenters. The molecule has 0 amide bonds. The summed E-state index contributed by atoms with van der Waals surface area (Å²) in [6.45, 7) is 10.5. The Labute approximate surface area is 139 Å². The first kappa shape index (κ1) is 16.5. The molecule has 3 rings (SSSR count). The average Bonchev–Trinajstić information content (AvgIpc) is 3.06. The van der Waals surface area contributed by atoms with Gasteiger partial charge in [0.25, 0.3) is 0 Å². The van der Waals surface area contributed by atoms with Crippen molar-refractivity contribution < 1.29 is 14.3 Å². The van der Waals surface area contributed by atoms with Crippen molar-refractivity contribution in [3.63, 3.8) is 0 Å². The number of allylic oxidation sites excluding steroid dienone is 3. The fourth-order valence-corrected chi connectivity index (χ4v) is 3.81. The smallest absolute Gasteiger partial charge is 0.334 e. The van der Waals surface area contributed by atoms with E-state index in [0.29, 0.717) is 11.7 Å². The van der Waals surface area contributed by atoms with Crippen molar-refractivity contribution in [3.05, 3.63) is 35.5 Å². The fourth-order valence-electron chi connectivity index (χ4n) is 3.81. The lowest BCUT2D eigenvalue weighted by molar-refractivity contribution is -0.137. The summed E-state index contributed by atoms with van der Waals surface area (Å²) in [7, 11) is 0. The zero-order valence-corrected chi connectivity index (χ0v) is 14.6. The molecule has 0 aromatic heterocycles. The largest absolute Gasteiger partial charge is 0.454 e. The molecule has 0 N–H and O–H groups in total. The molecule has 3 nitrogen and oxygen atoms in total. The van der Waals surface area contributed by atoms with Gasteiger partial charge >= 0.3 is 5.97 Å². The second-order valence-corrected chi connectivity index (χ2v) is 7.60. The van der Waals surface area contributed by atoms with Crippen LogP contribution in [-0.2, 0) is 14.3 Å². The standard InChI is InChI=1S/C20H28O3/c1-13-6-5-7-14(2)12-17-16(15(3)19(21)22-17)10-11-20(4)18(23-20)9-8-13/h6,12,16-18H,3,5,7-11H2,1-2,4H3/b13-6+,14-12+/t16-,17-,18-,20+/m0/s1. The van der Waals surface area contributed by atoms with Crippen molar-refractivity contribution in [1.82, 2.24) is 0 Å². The Kier molecular flexibility index (Phi) is 4.50. The van der Waals surface area contributed by atoms with Crippen LogP contribution in [0.2, 0.25) is 0 Å². The summed E-state index contributed by atoms with van der Waals surface area (Å²) >= 11 is 0. The van der Waals surface area contributed by atoms with E-state index in [0.717, 1.165) is 38.5 Å². The van der Waals surface area contributed by atoms with Crippen molar-refractivity contribution in [2.75, 3.05) is 0 Å². The van der Waals surface area contributed by atoms with E-state index in [1.165, 1.54) is 11.1 Å². The normalized spacial score (nSPS) is 43.2. The van der Waals surface area contributed by atoms with E-state index in [9.17, 15) is 4.79 Å². The lowest BCUT2D eigenvalue weighted by Gasteiger charge is -2.17. The van der Waals surface area contributed by atoms with E-state index in [-0.39, 0.29) is 23.6 Å². The van der Waals surface area contributed by atoms with Crippen LogP contribution < -0.4 is 0 Å². The van der Waals surface area contributed by atoms with Gasteiger partial charge in [-0.05, 0) is 65.4 Å². The Hall–Kier alpha value is -1.35. The van der Waals surface area contributed by atoms with Crippen LogP contribution in [0.25, 0.3) is 0 Å². The maximum absolute atomic E-state index is 11.9. The highest BCUT2D eigenvalue weighted by atomic mass is 16.6. The first-order valence-corrected chi connectivity index (χ1v) is 8.79. The number of carbonyl (C=O) groups is 1. The highest BCUT2D eigenvalue weighted by molar-refractivity contribution is 5.91. The van der Waals surface area contributed by atoms with Crippen molar-refractivity contribution in [2.24, 2.45) is 5.92 Å². The Balaban J connectivity index is 1.79. The maximum atomic E-state index is 11.9. The lowest BCUT2D eigenvalue weighted by atomic mass is 9.86. The Morgan fingerprint density at radius 2 is 2.00 bits per heavy atom. The number of epoxide rings is 1. The van der Waals surface area contributed by atoms with Gasteiger partial charge in [0.15, 0.2) is 0 Å². The molecule has 3 aliphatic rings. The van der Waals surface area contributed by atoms with Gasteiger partial charge < -0.3 is 9.47 Å². The molecule has 126 valence electrons. The van der Waals surface area contributed by atoms with Gasteiger partial charge in [-0.25, -0.2) is 4.79 Å². The van der Waals surface area contributed by atoms with E-state index in [1.54, 1.807) is 0 Å². The van der Waals surface area contributed by atoms with E-state index in [4.69, 9.17) is 9.47 Å². The van der Waals surface area contributed by atoms with E-state index >= 15 is 0 Å². The van der Waals surface area contributed by atoms with Crippen LogP contribution in [0.5, 0.6) is 0 Å². The zero-order valence-electron chi connectivity index (χ0n) is 14.6. The summed E-state index contributed by atoms with van der Waals surface area (Å²) in [5, 5.41) is 0. The molecular weight excluding hydrogens is 288 g/mol. The first-order chi connectivity index (χ1) is 10.9. The summed E-state index contributed by atoms with van der Waals surface area (Å²) in [6, 6.07) is 0. The minimum absolute atomic E-state index is 0.0282. The van der Waals surface area contributed by atoms with E-state index in [1.807, 2.05) is 0 Å². The molecule has 23 heavy (non-hydrogen) atoms. The third kappa shape index (κ3) is 3.60. The number of fused-ring (bicyclic) bond motifs is 2. The second-order valence-electron chi connectivity index (χ2n) is 7.60. The number of esters is 1. The van der Waals surface area contributed by atoms with Crippen molar-refractivity contribution >= 4 is 5.97 Å². The van der Waals surface area contributed by atoms with Crippen LogP contribution in [0.4, 0.5) is 0 Å². The molecule has 0 saturated carbocycles. The van der Waals surface area contributed by atoms with Gasteiger partial charge in [0.2, 0.25) is 0 Å². The van der Waals surface area contributed by atoms with Crippen molar-refractivity contribution in [2.45, 2.75) is 77.1 Å². The number of hydrogen-bond acceptors (Lipinski definition) is 3. The van der Waals surface area contributed by atoms with Crippen LogP contribution in [0.3, 0.4) is 0 Å². The average molecular weight is 316 g/mol. The molecule has 0 aromatic rings. The minimum Gasteiger partial charge on any atom is -0.454 e. The fraction of sp³-hybridized carbons (Fsp3) is 0.650. The molecule has 1 aliphatic carbocycles. The van der Waals surface area contributed by atoms with Gasteiger partial charge in [0.1, 0.15) is 6.10 Å². The van der Waals surface area contributed by atoms with E-state index in [2.05, 4.69) is 39.5 Å². The molecule has 0 radical (unpaired) electrons. The monoisotopic (exact) mass is 316 g/mol. The molecule has 0 spiro atoms. The summed E-state index contributed by atoms with van der Waals surface area (Å²) in [4.78, 5) is 11.9. The van der Waals surface area contributed by atoms with Gasteiger partial charge in [0, 0.05) is 11.5 Å². The molecule has 3 heteroatoms. The first-order valence-electron chi connectivity index (χ1n) is 8.79. The highest BCUT2D eigenvalue weighted by Crippen LogP contribution is 2.46. The van der Waals surface area contributed by atoms with Crippen molar-refractivity contribution in [3.8, 4) is 0 Å². The molecular formula is C20H28O3.